The summed E-state index contributed by atoms with van der Waals surface area (Å²) in [7, 11) is 1.19. The first-order chi connectivity index (χ1) is 9.79. The van der Waals surface area contributed by atoms with Gasteiger partial charge in [-0.2, -0.15) is 0 Å². The van der Waals surface area contributed by atoms with Gasteiger partial charge in [-0.3, -0.25) is 18.9 Å². The number of aliphatic hydroxyl groups is 1. The van der Waals surface area contributed by atoms with Crippen molar-refractivity contribution in [1.82, 2.24) is 9.55 Å². The van der Waals surface area contributed by atoms with E-state index in [0.717, 1.165) is 16.8 Å². The van der Waals surface area contributed by atoms with Crippen LogP contribution in [0.1, 0.15) is 26.2 Å². The molecule has 11 heteroatoms. The monoisotopic (exact) mass is 340 g/mol. The fraction of sp³-hybridized carbons (Fsp3) is 0.600. The third kappa shape index (κ3) is 5.79. The van der Waals surface area contributed by atoms with Gasteiger partial charge < -0.3 is 19.3 Å². The van der Waals surface area contributed by atoms with Crippen LogP contribution in [-0.2, 0) is 25.6 Å². The van der Waals surface area contributed by atoms with Crippen LogP contribution in [0.5, 0.6) is 0 Å². The molecule has 0 saturated carbocycles. The number of rotatable bonds is 8. The normalized spacial score (nSPS) is 17.1. The number of hydrogen-bond acceptors (Lipinski definition) is 7. The van der Waals surface area contributed by atoms with E-state index >= 15 is 0 Å². The fourth-order valence-corrected chi connectivity index (χ4v) is 2.20. The zero-order valence-electron chi connectivity index (χ0n) is 11.5. The van der Waals surface area contributed by atoms with Crippen LogP contribution in [0.25, 0.3) is 0 Å². The van der Waals surface area contributed by atoms with E-state index in [4.69, 9.17) is 21.1 Å². The van der Waals surface area contributed by atoms with E-state index in [2.05, 4.69) is 4.52 Å². The minimum absolute atomic E-state index is 0.303. The number of H-pyrrole nitrogens is 1. The lowest BCUT2D eigenvalue weighted by atomic mass is 10.3. The Kier molecular flexibility index (Phi) is 6.88. The van der Waals surface area contributed by atoms with Crippen LogP contribution < -0.4 is 11.2 Å². The SMILES string of the molecule is CCC[C@@H](O[C@H](O)n1ccc(=O)[nH]c1=O)OP(O)(=S)OC. The minimum atomic E-state index is -3.47. The molecule has 3 atom stereocenters. The molecule has 0 aliphatic rings. The molecule has 0 amide bonds. The number of aromatic amines is 1. The van der Waals surface area contributed by atoms with Crippen LogP contribution >= 0.6 is 6.72 Å². The molecule has 21 heavy (non-hydrogen) atoms. The predicted octanol–water partition coefficient (Wildman–Crippen LogP) is 0.00760. The summed E-state index contributed by atoms with van der Waals surface area (Å²) in [5.41, 5.74) is -1.45. The van der Waals surface area contributed by atoms with Crippen LogP contribution in [0.2, 0.25) is 0 Å². The van der Waals surface area contributed by atoms with E-state index in [0.29, 0.717) is 12.8 Å². The molecule has 1 rings (SSSR count). The van der Waals surface area contributed by atoms with E-state index in [-0.39, 0.29) is 0 Å². The number of aromatic nitrogens is 2. The molecule has 1 aromatic heterocycles. The highest BCUT2D eigenvalue weighted by Crippen LogP contribution is 2.45. The predicted molar refractivity (Wildman–Crippen MR) is 77.0 cm³/mol. The Balaban J connectivity index is 2.85. The molecule has 9 nitrogen and oxygen atoms in total. The summed E-state index contributed by atoms with van der Waals surface area (Å²) in [5.74, 6) is 0. The summed E-state index contributed by atoms with van der Waals surface area (Å²) >= 11 is 4.69. The number of nitrogens with zero attached hydrogens (tertiary/aromatic N) is 1. The molecule has 1 unspecified atom stereocenters. The number of aliphatic hydroxyl groups excluding tert-OH is 1. The van der Waals surface area contributed by atoms with Gasteiger partial charge >= 0.3 is 12.4 Å². The van der Waals surface area contributed by atoms with Gasteiger partial charge in [0.1, 0.15) is 0 Å². The van der Waals surface area contributed by atoms with E-state index in [1.165, 1.54) is 7.11 Å². The van der Waals surface area contributed by atoms with Crippen molar-refractivity contribution in [2.45, 2.75) is 32.5 Å². The van der Waals surface area contributed by atoms with Crippen molar-refractivity contribution >= 4 is 18.5 Å². The lowest BCUT2D eigenvalue weighted by molar-refractivity contribution is -0.239. The highest BCUT2D eigenvalue weighted by molar-refractivity contribution is 8.07. The third-order valence-corrected chi connectivity index (χ3v) is 4.04. The van der Waals surface area contributed by atoms with Gasteiger partial charge in [-0.1, -0.05) is 13.3 Å². The number of ether oxygens (including phenoxy) is 1. The lowest BCUT2D eigenvalue weighted by Gasteiger charge is -2.24. The largest absolute Gasteiger partial charge is 0.351 e. The van der Waals surface area contributed by atoms with E-state index in [9.17, 15) is 19.6 Å². The maximum absolute atomic E-state index is 11.5. The van der Waals surface area contributed by atoms with Gasteiger partial charge in [0.15, 0.2) is 6.29 Å². The van der Waals surface area contributed by atoms with E-state index < -0.39 is 30.7 Å². The van der Waals surface area contributed by atoms with Crippen molar-refractivity contribution in [2.75, 3.05) is 7.11 Å². The summed E-state index contributed by atoms with van der Waals surface area (Å²) in [6.07, 6.45) is -0.799. The van der Waals surface area contributed by atoms with Gasteiger partial charge in [-0.25, -0.2) is 4.79 Å². The van der Waals surface area contributed by atoms with Crippen LogP contribution in [0, 0.1) is 0 Å². The molecule has 0 fully saturated rings. The number of nitrogens with one attached hydrogen (secondary N) is 1. The molecule has 120 valence electrons. The van der Waals surface area contributed by atoms with Gasteiger partial charge in [-0.05, 0) is 18.2 Å². The topological polar surface area (TPSA) is 123 Å². The fourth-order valence-electron chi connectivity index (χ4n) is 1.38. The van der Waals surface area contributed by atoms with Crippen LogP contribution in [0.4, 0.5) is 0 Å². The van der Waals surface area contributed by atoms with Gasteiger partial charge in [0.25, 0.3) is 5.56 Å². The Hall–Kier alpha value is -0.870. The van der Waals surface area contributed by atoms with Crippen LogP contribution in [0.3, 0.4) is 0 Å². The molecule has 0 bridgehead atoms. The Bertz CT molecular complexity index is 616. The summed E-state index contributed by atoms with van der Waals surface area (Å²) in [4.78, 5) is 34.0. The Morgan fingerprint density at radius 1 is 1.52 bits per heavy atom. The summed E-state index contributed by atoms with van der Waals surface area (Å²) < 4.78 is 15.6. The smallest absolute Gasteiger partial charge is 0.332 e. The van der Waals surface area contributed by atoms with Crippen LogP contribution in [0.15, 0.2) is 21.9 Å². The Morgan fingerprint density at radius 3 is 2.71 bits per heavy atom. The second-order valence-corrected chi connectivity index (χ2v) is 6.85. The quantitative estimate of drug-likeness (QED) is 0.447. The lowest BCUT2D eigenvalue weighted by Crippen LogP contribution is -2.34. The van der Waals surface area contributed by atoms with Crippen molar-refractivity contribution in [1.29, 1.82) is 0 Å². The van der Waals surface area contributed by atoms with Crippen molar-refractivity contribution in [3.63, 3.8) is 0 Å². The standard InChI is InChI=1S/C10H17N2O7PS/c1-3-4-8(19-20(16,21)17-2)18-10(15)12-6-5-7(13)11-9(12)14/h5-6,8,10,15H,3-4H2,1-2H3,(H,16,21)(H,11,13,14)/t8-,10-,20?/m0/s1. The first-order valence-electron chi connectivity index (χ1n) is 6.01. The molecule has 0 saturated heterocycles. The third-order valence-electron chi connectivity index (χ3n) is 2.37. The van der Waals surface area contributed by atoms with Crippen molar-refractivity contribution in [3.8, 4) is 0 Å². The second-order valence-electron chi connectivity index (χ2n) is 3.95. The molecule has 0 aliphatic heterocycles. The molecule has 1 aromatic rings. The Morgan fingerprint density at radius 2 is 2.19 bits per heavy atom. The number of hydrogen-bond donors (Lipinski definition) is 3. The van der Waals surface area contributed by atoms with Crippen molar-refractivity contribution < 1.29 is 23.8 Å². The highest BCUT2D eigenvalue weighted by Gasteiger charge is 2.24. The van der Waals surface area contributed by atoms with Gasteiger partial charge in [0.2, 0.25) is 6.41 Å². The highest BCUT2D eigenvalue weighted by atomic mass is 32.5. The molecule has 1 heterocycles. The van der Waals surface area contributed by atoms with Crippen molar-refractivity contribution in [2.24, 2.45) is 0 Å². The van der Waals surface area contributed by atoms with E-state index in [1.54, 1.807) is 0 Å². The van der Waals surface area contributed by atoms with Crippen LogP contribution in [-0.4, -0.2) is 33.0 Å². The first kappa shape index (κ1) is 18.2. The van der Waals surface area contributed by atoms with Gasteiger partial charge in [0, 0.05) is 19.4 Å². The molecular formula is C10H17N2O7PS. The first-order valence-corrected chi connectivity index (χ1v) is 8.60. The average molecular weight is 340 g/mol. The maximum atomic E-state index is 11.5. The molecule has 0 radical (unpaired) electrons. The zero-order valence-corrected chi connectivity index (χ0v) is 13.2. The summed E-state index contributed by atoms with van der Waals surface area (Å²) in [6, 6.07) is 1.05. The summed E-state index contributed by atoms with van der Waals surface area (Å²) in [6.45, 7) is -1.65. The molecule has 0 spiro atoms. The molecule has 3 N–H and O–H groups in total. The van der Waals surface area contributed by atoms with Crippen molar-refractivity contribution in [3.05, 3.63) is 33.1 Å². The average Bonchev–Trinajstić information content (AvgIpc) is 2.38. The van der Waals surface area contributed by atoms with Gasteiger partial charge in [-0.15, -0.1) is 0 Å². The van der Waals surface area contributed by atoms with Gasteiger partial charge in [0.05, 0.1) is 0 Å². The maximum Gasteiger partial charge on any atom is 0.332 e. The molecule has 0 aliphatic carbocycles. The van der Waals surface area contributed by atoms with E-state index in [1.807, 2.05) is 11.9 Å². The summed E-state index contributed by atoms with van der Waals surface area (Å²) in [5, 5.41) is 9.85. The Labute approximate surface area is 125 Å². The minimum Gasteiger partial charge on any atom is -0.351 e. The molecule has 0 aromatic carbocycles. The zero-order chi connectivity index (χ0) is 16.0. The second kappa shape index (κ2) is 7.95. The molecular weight excluding hydrogens is 323 g/mol.